The van der Waals surface area contributed by atoms with Crippen molar-refractivity contribution >= 4 is 34.6 Å². The summed E-state index contributed by atoms with van der Waals surface area (Å²) in [6, 6.07) is 2.18. The highest BCUT2D eigenvalue weighted by molar-refractivity contribution is 6.39. The second kappa shape index (κ2) is 5.34. The molecule has 0 spiro atoms. The quantitative estimate of drug-likeness (QED) is 0.648. The minimum atomic E-state index is -0.572. The lowest BCUT2D eigenvalue weighted by molar-refractivity contribution is -0.384. The first kappa shape index (κ1) is 13.0. The van der Waals surface area contributed by atoms with Crippen LogP contribution in [0.1, 0.15) is 6.92 Å². The van der Waals surface area contributed by atoms with Gasteiger partial charge < -0.3 is 10.4 Å². The average Bonchev–Trinajstić information content (AvgIpc) is 2.22. The molecule has 0 fully saturated rings. The van der Waals surface area contributed by atoms with Crippen molar-refractivity contribution in [3.63, 3.8) is 0 Å². The highest BCUT2D eigenvalue weighted by Crippen LogP contribution is 2.34. The number of rotatable bonds is 4. The molecule has 0 radical (unpaired) electrons. The van der Waals surface area contributed by atoms with Gasteiger partial charge in [0.2, 0.25) is 0 Å². The van der Waals surface area contributed by atoms with E-state index in [1.54, 1.807) is 6.92 Å². The minimum absolute atomic E-state index is 0.0936. The molecule has 0 heterocycles. The van der Waals surface area contributed by atoms with Crippen molar-refractivity contribution in [2.75, 3.05) is 11.9 Å². The zero-order valence-corrected chi connectivity index (χ0v) is 9.92. The van der Waals surface area contributed by atoms with Crippen LogP contribution in [0.3, 0.4) is 0 Å². The number of hydrogen-bond donors (Lipinski definition) is 2. The van der Waals surface area contributed by atoms with Gasteiger partial charge in [-0.3, -0.25) is 10.1 Å². The Hall–Kier alpha value is -1.04. The number of halogens is 2. The van der Waals surface area contributed by atoms with Crippen LogP contribution < -0.4 is 5.32 Å². The molecule has 1 aromatic rings. The van der Waals surface area contributed by atoms with Gasteiger partial charge in [0.25, 0.3) is 5.69 Å². The molecule has 1 aromatic carbocycles. The molecule has 0 aliphatic carbocycles. The van der Waals surface area contributed by atoms with Crippen LogP contribution in [0.5, 0.6) is 0 Å². The topological polar surface area (TPSA) is 75.4 Å². The van der Waals surface area contributed by atoms with E-state index in [1.807, 2.05) is 0 Å². The number of aliphatic hydroxyl groups is 1. The van der Waals surface area contributed by atoms with Crippen molar-refractivity contribution in [3.8, 4) is 0 Å². The molecule has 0 amide bonds. The summed E-state index contributed by atoms with van der Waals surface area (Å²) in [5.41, 5.74) is 0.215. The Morgan fingerprint density at radius 2 is 2.00 bits per heavy atom. The Labute approximate surface area is 102 Å². The molecule has 0 saturated heterocycles. The molecule has 0 aromatic heterocycles. The van der Waals surface area contributed by atoms with Gasteiger partial charge in [-0.25, -0.2) is 0 Å². The standard InChI is InChI=1S/C9H10Cl2N2O3/c1-5(4-14)12-9-7(10)2-6(13(15)16)3-8(9)11/h2-3,5,12,14H,4H2,1H3. The molecular formula is C9H10Cl2N2O3. The number of nitrogens with one attached hydrogen (secondary N) is 1. The second-order valence-electron chi connectivity index (χ2n) is 3.27. The number of non-ortho nitro benzene ring substituents is 1. The summed E-state index contributed by atoms with van der Waals surface area (Å²) in [5, 5.41) is 22.5. The van der Waals surface area contributed by atoms with Gasteiger partial charge in [-0.15, -0.1) is 0 Å². The molecule has 7 heteroatoms. The first-order chi connectivity index (χ1) is 7.45. The zero-order chi connectivity index (χ0) is 12.3. The summed E-state index contributed by atoms with van der Waals surface area (Å²) < 4.78 is 0. The summed E-state index contributed by atoms with van der Waals surface area (Å²) in [4.78, 5) is 9.95. The van der Waals surface area contributed by atoms with Crippen LogP contribution in [0.4, 0.5) is 11.4 Å². The van der Waals surface area contributed by atoms with Crippen LogP contribution in [0, 0.1) is 10.1 Å². The highest BCUT2D eigenvalue weighted by atomic mass is 35.5. The summed E-state index contributed by atoms with van der Waals surface area (Å²) in [7, 11) is 0. The lowest BCUT2D eigenvalue weighted by Crippen LogP contribution is -2.19. The van der Waals surface area contributed by atoms with Crippen molar-refractivity contribution < 1.29 is 10.0 Å². The molecule has 5 nitrogen and oxygen atoms in total. The second-order valence-corrected chi connectivity index (χ2v) is 4.08. The van der Waals surface area contributed by atoms with Crippen LogP contribution in [0.15, 0.2) is 12.1 Å². The third kappa shape index (κ3) is 2.98. The number of hydrogen-bond acceptors (Lipinski definition) is 4. The van der Waals surface area contributed by atoms with Crippen LogP contribution in [0.25, 0.3) is 0 Å². The monoisotopic (exact) mass is 264 g/mol. The molecule has 1 rings (SSSR count). The number of nitrogens with zero attached hydrogens (tertiary/aromatic N) is 1. The number of anilines is 1. The van der Waals surface area contributed by atoms with E-state index in [9.17, 15) is 10.1 Å². The van der Waals surface area contributed by atoms with Crippen LogP contribution in [0.2, 0.25) is 10.0 Å². The van der Waals surface area contributed by atoms with Gasteiger partial charge in [0, 0.05) is 18.2 Å². The Morgan fingerprint density at radius 3 is 2.38 bits per heavy atom. The average molecular weight is 265 g/mol. The Balaban J connectivity index is 3.07. The zero-order valence-electron chi connectivity index (χ0n) is 8.41. The number of benzene rings is 1. The van der Waals surface area contributed by atoms with E-state index >= 15 is 0 Å². The van der Waals surface area contributed by atoms with Gasteiger partial charge in [0.05, 0.1) is 27.3 Å². The van der Waals surface area contributed by atoms with E-state index in [1.165, 1.54) is 12.1 Å². The smallest absolute Gasteiger partial charge is 0.272 e. The summed E-state index contributed by atoms with van der Waals surface area (Å²) in [6.07, 6.45) is 0. The molecule has 0 aliphatic heterocycles. The summed E-state index contributed by atoms with van der Waals surface area (Å²) >= 11 is 11.7. The number of nitro groups is 1. The van der Waals surface area contributed by atoms with Gasteiger partial charge >= 0.3 is 0 Å². The van der Waals surface area contributed by atoms with Crippen LogP contribution >= 0.6 is 23.2 Å². The molecule has 0 aliphatic rings. The minimum Gasteiger partial charge on any atom is -0.394 e. The highest BCUT2D eigenvalue weighted by Gasteiger charge is 2.15. The van der Waals surface area contributed by atoms with Crippen LogP contribution in [-0.2, 0) is 0 Å². The predicted molar refractivity (Wildman–Crippen MR) is 63.3 cm³/mol. The van der Waals surface area contributed by atoms with Crippen LogP contribution in [-0.4, -0.2) is 22.7 Å². The molecule has 0 bridgehead atoms. The van der Waals surface area contributed by atoms with E-state index in [2.05, 4.69) is 5.32 Å². The van der Waals surface area contributed by atoms with E-state index in [4.69, 9.17) is 28.3 Å². The SMILES string of the molecule is CC(CO)Nc1c(Cl)cc([N+](=O)[O-])cc1Cl. The van der Waals surface area contributed by atoms with Crippen molar-refractivity contribution in [2.45, 2.75) is 13.0 Å². The maximum Gasteiger partial charge on any atom is 0.272 e. The lowest BCUT2D eigenvalue weighted by atomic mass is 10.2. The fraction of sp³-hybridized carbons (Fsp3) is 0.333. The molecular weight excluding hydrogens is 255 g/mol. The first-order valence-corrected chi connectivity index (χ1v) is 5.22. The third-order valence-corrected chi connectivity index (χ3v) is 2.50. The molecule has 1 atom stereocenters. The summed E-state index contributed by atoms with van der Waals surface area (Å²) in [5.74, 6) is 0. The molecule has 16 heavy (non-hydrogen) atoms. The van der Waals surface area contributed by atoms with Gasteiger partial charge in [-0.05, 0) is 6.92 Å². The van der Waals surface area contributed by atoms with Gasteiger partial charge in [-0.2, -0.15) is 0 Å². The maximum atomic E-state index is 10.5. The van der Waals surface area contributed by atoms with Crippen molar-refractivity contribution in [3.05, 3.63) is 32.3 Å². The normalized spacial score (nSPS) is 12.2. The van der Waals surface area contributed by atoms with Gasteiger partial charge in [-0.1, -0.05) is 23.2 Å². The Bertz CT molecular complexity index is 389. The number of nitro benzene ring substituents is 1. The number of aliphatic hydroxyl groups excluding tert-OH is 1. The van der Waals surface area contributed by atoms with E-state index in [-0.39, 0.29) is 28.4 Å². The van der Waals surface area contributed by atoms with Crippen molar-refractivity contribution in [1.82, 2.24) is 0 Å². The molecule has 88 valence electrons. The first-order valence-electron chi connectivity index (χ1n) is 4.46. The maximum absolute atomic E-state index is 10.5. The van der Waals surface area contributed by atoms with Gasteiger partial charge in [0.15, 0.2) is 0 Å². The molecule has 0 saturated carbocycles. The summed E-state index contributed by atoms with van der Waals surface area (Å²) in [6.45, 7) is 1.64. The van der Waals surface area contributed by atoms with Gasteiger partial charge in [0.1, 0.15) is 0 Å². The van der Waals surface area contributed by atoms with E-state index < -0.39 is 4.92 Å². The Morgan fingerprint density at radius 1 is 1.50 bits per heavy atom. The van der Waals surface area contributed by atoms with Crippen molar-refractivity contribution in [2.24, 2.45) is 0 Å². The van der Waals surface area contributed by atoms with E-state index in [0.717, 1.165) is 0 Å². The third-order valence-electron chi connectivity index (χ3n) is 1.90. The molecule has 1 unspecified atom stereocenters. The van der Waals surface area contributed by atoms with Crippen molar-refractivity contribution in [1.29, 1.82) is 0 Å². The fourth-order valence-corrected chi connectivity index (χ4v) is 1.68. The predicted octanol–water partition coefficient (Wildman–Crippen LogP) is 2.69. The lowest BCUT2D eigenvalue weighted by Gasteiger charge is -2.14. The molecule has 2 N–H and O–H groups in total. The fourth-order valence-electron chi connectivity index (χ4n) is 1.10. The Kier molecular flexibility index (Phi) is 4.35. The van der Waals surface area contributed by atoms with E-state index in [0.29, 0.717) is 5.69 Å². The largest absolute Gasteiger partial charge is 0.394 e.